The zero-order chi connectivity index (χ0) is 19.6. The maximum atomic E-state index is 13.0. The topological polar surface area (TPSA) is 69.6 Å². The second kappa shape index (κ2) is 7.30. The molecule has 8 heteroatoms. The van der Waals surface area contributed by atoms with E-state index in [1.165, 1.54) is 0 Å². The Morgan fingerprint density at radius 2 is 1.56 bits per heavy atom. The van der Waals surface area contributed by atoms with Gasteiger partial charge in [-0.1, -0.05) is 42.5 Å². The van der Waals surface area contributed by atoms with E-state index in [2.05, 4.69) is 5.32 Å². The summed E-state index contributed by atoms with van der Waals surface area (Å²) >= 11 is 0. The molecule has 3 rings (SSSR count). The van der Waals surface area contributed by atoms with E-state index in [1.807, 2.05) is 30.3 Å². The molecule has 5 nitrogen and oxygen atoms in total. The molecular formula is C19H17F3N2O3. The van der Waals surface area contributed by atoms with E-state index in [1.54, 1.807) is 24.3 Å². The number of carboxylic acids is 1. The van der Waals surface area contributed by atoms with Gasteiger partial charge in [0.25, 0.3) is 0 Å². The maximum Gasteiger partial charge on any atom is 0.394 e. The van der Waals surface area contributed by atoms with Crippen LogP contribution in [0.4, 0.5) is 23.7 Å². The third-order valence-electron chi connectivity index (χ3n) is 4.59. The van der Waals surface area contributed by atoms with Crippen LogP contribution in [0.3, 0.4) is 0 Å². The van der Waals surface area contributed by atoms with Crippen LogP contribution in [0.1, 0.15) is 0 Å². The number of nitrogens with zero attached hydrogens (tertiary/aromatic N) is 1. The van der Waals surface area contributed by atoms with E-state index in [9.17, 15) is 22.8 Å². The van der Waals surface area contributed by atoms with E-state index in [0.29, 0.717) is 5.69 Å². The number of alkyl halides is 3. The van der Waals surface area contributed by atoms with Gasteiger partial charge in [0.1, 0.15) is 0 Å². The van der Waals surface area contributed by atoms with Gasteiger partial charge >= 0.3 is 18.2 Å². The van der Waals surface area contributed by atoms with Gasteiger partial charge in [-0.05, 0) is 23.3 Å². The number of rotatable bonds is 3. The quantitative estimate of drug-likeness (QED) is 0.846. The lowest BCUT2D eigenvalue weighted by atomic mass is 9.96. The molecule has 1 fully saturated rings. The number of aliphatic carboxylic acids is 1. The third kappa shape index (κ3) is 4.21. The Hall–Kier alpha value is -3.03. The highest BCUT2D eigenvalue weighted by Crippen LogP contribution is 2.38. The lowest BCUT2D eigenvalue weighted by Gasteiger charge is -2.18. The first-order valence-electron chi connectivity index (χ1n) is 8.26. The molecule has 27 heavy (non-hydrogen) atoms. The van der Waals surface area contributed by atoms with Crippen molar-refractivity contribution in [2.45, 2.75) is 6.18 Å². The molecule has 2 amide bonds. The van der Waals surface area contributed by atoms with Gasteiger partial charge < -0.3 is 15.3 Å². The fourth-order valence-corrected chi connectivity index (χ4v) is 3.13. The molecule has 2 atom stereocenters. The first-order chi connectivity index (χ1) is 12.8. The van der Waals surface area contributed by atoms with Crippen molar-refractivity contribution in [3.05, 3.63) is 54.6 Å². The zero-order valence-electron chi connectivity index (χ0n) is 14.1. The molecule has 0 aliphatic carbocycles. The van der Waals surface area contributed by atoms with E-state index in [-0.39, 0.29) is 0 Å². The lowest BCUT2D eigenvalue weighted by molar-refractivity contribution is -0.187. The van der Waals surface area contributed by atoms with Crippen LogP contribution in [-0.2, 0) is 4.79 Å². The van der Waals surface area contributed by atoms with Crippen LogP contribution >= 0.6 is 0 Å². The Morgan fingerprint density at radius 1 is 0.963 bits per heavy atom. The van der Waals surface area contributed by atoms with Gasteiger partial charge in [-0.3, -0.25) is 4.79 Å². The fourth-order valence-electron chi connectivity index (χ4n) is 3.13. The van der Waals surface area contributed by atoms with Gasteiger partial charge in [-0.2, -0.15) is 13.2 Å². The molecule has 0 saturated carbocycles. The van der Waals surface area contributed by atoms with Crippen LogP contribution in [0.25, 0.3) is 11.1 Å². The highest BCUT2D eigenvalue weighted by atomic mass is 19.4. The number of benzene rings is 2. The van der Waals surface area contributed by atoms with Crippen molar-refractivity contribution in [3.8, 4) is 11.1 Å². The van der Waals surface area contributed by atoms with Crippen LogP contribution < -0.4 is 5.32 Å². The van der Waals surface area contributed by atoms with Gasteiger partial charge in [0.05, 0.1) is 11.8 Å². The van der Waals surface area contributed by atoms with Crippen LogP contribution in [0, 0.1) is 11.8 Å². The number of nitrogens with one attached hydrogen (secondary N) is 1. The van der Waals surface area contributed by atoms with Crippen molar-refractivity contribution in [1.82, 2.24) is 4.90 Å². The monoisotopic (exact) mass is 378 g/mol. The van der Waals surface area contributed by atoms with Crippen molar-refractivity contribution >= 4 is 17.7 Å². The normalized spacial score (nSPS) is 19.7. The smallest absolute Gasteiger partial charge is 0.394 e. The van der Waals surface area contributed by atoms with Gasteiger partial charge in [0.15, 0.2) is 0 Å². The predicted molar refractivity (Wildman–Crippen MR) is 93.1 cm³/mol. The molecular weight excluding hydrogens is 361 g/mol. The highest BCUT2D eigenvalue weighted by molar-refractivity contribution is 5.90. The number of hydrogen-bond acceptors (Lipinski definition) is 2. The van der Waals surface area contributed by atoms with Gasteiger partial charge in [0, 0.05) is 18.8 Å². The first-order valence-corrected chi connectivity index (χ1v) is 8.26. The Morgan fingerprint density at radius 3 is 2.07 bits per heavy atom. The minimum atomic E-state index is -4.67. The Bertz CT molecular complexity index is 822. The molecule has 1 heterocycles. The van der Waals surface area contributed by atoms with E-state index in [0.717, 1.165) is 16.0 Å². The Balaban J connectivity index is 1.68. The second-order valence-corrected chi connectivity index (χ2v) is 6.37. The summed E-state index contributed by atoms with van der Waals surface area (Å²) in [4.78, 5) is 24.3. The molecule has 2 aromatic rings. The van der Waals surface area contributed by atoms with Crippen molar-refractivity contribution in [2.75, 3.05) is 18.4 Å². The number of carbonyl (C=O) groups is 2. The maximum absolute atomic E-state index is 13.0. The molecule has 0 bridgehead atoms. The fraction of sp³-hybridized carbons (Fsp3) is 0.263. The van der Waals surface area contributed by atoms with Crippen LogP contribution in [0.2, 0.25) is 0 Å². The summed E-state index contributed by atoms with van der Waals surface area (Å²) in [5.74, 6) is -5.28. The highest BCUT2D eigenvalue weighted by Gasteiger charge is 2.53. The lowest BCUT2D eigenvalue weighted by Crippen LogP contribution is -2.35. The summed E-state index contributed by atoms with van der Waals surface area (Å²) in [7, 11) is 0. The number of amides is 2. The minimum Gasteiger partial charge on any atom is -0.481 e. The molecule has 0 spiro atoms. The summed E-state index contributed by atoms with van der Waals surface area (Å²) in [6, 6.07) is 15.7. The standard InChI is InChI=1S/C19H17F3N2O3/c20-19(21,22)16-11-24(10-15(16)17(25)26)18(27)23-14-8-6-13(7-9-14)12-4-2-1-3-5-12/h1-9,15-16H,10-11H2,(H,23,27)(H,25,26)/t15-,16-/m1/s1. The zero-order valence-corrected chi connectivity index (χ0v) is 14.1. The van der Waals surface area contributed by atoms with Crippen LogP contribution in [0.5, 0.6) is 0 Å². The van der Waals surface area contributed by atoms with Gasteiger partial charge in [-0.25, -0.2) is 4.79 Å². The van der Waals surface area contributed by atoms with Crippen molar-refractivity contribution in [3.63, 3.8) is 0 Å². The molecule has 2 N–H and O–H groups in total. The molecule has 0 aromatic heterocycles. The molecule has 1 aliphatic heterocycles. The number of urea groups is 1. The van der Waals surface area contributed by atoms with Gasteiger partial charge in [-0.15, -0.1) is 0 Å². The van der Waals surface area contributed by atoms with Gasteiger partial charge in [0.2, 0.25) is 0 Å². The van der Waals surface area contributed by atoms with E-state index >= 15 is 0 Å². The van der Waals surface area contributed by atoms with E-state index in [4.69, 9.17) is 5.11 Å². The number of anilines is 1. The second-order valence-electron chi connectivity index (χ2n) is 6.37. The summed E-state index contributed by atoms with van der Waals surface area (Å²) in [5.41, 5.74) is 2.34. The van der Waals surface area contributed by atoms with Crippen molar-refractivity contribution in [2.24, 2.45) is 11.8 Å². The minimum absolute atomic E-state index is 0.419. The largest absolute Gasteiger partial charge is 0.481 e. The van der Waals surface area contributed by atoms with Crippen molar-refractivity contribution < 1.29 is 27.9 Å². The average Bonchev–Trinajstić information content (AvgIpc) is 3.09. The number of likely N-dealkylation sites (tertiary alicyclic amines) is 1. The SMILES string of the molecule is O=C(O)[C@@H]1CN(C(=O)Nc2ccc(-c3ccccc3)cc2)C[C@H]1C(F)(F)F. The molecule has 2 aromatic carbocycles. The Labute approximate surface area is 153 Å². The molecule has 1 saturated heterocycles. The summed E-state index contributed by atoms with van der Waals surface area (Å²) < 4.78 is 39.1. The number of carbonyl (C=O) groups excluding carboxylic acids is 1. The average molecular weight is 378 g/mol. The van der Waals surface area contributed by atoms with E-state index < -0.39 is 43.1 Å². The summed E-state index contributed by atoms with van der Waals surface area (Å²) in [6.45, 7) is -1.15. The molecule has 0 radical (unpaired) electrons. The van der Waals surface area contributed by atoms with Crippen LogP contribution in [0.15, 0.2) is 54.6 Å². The Kier molecular flexibility index (Phi) is 5.07. The number of halogens is 3. The number of hydrogen-bond donors (Lipinski definition) is 2. The molecule has 1 aliphatic rings. The first kappa shape index (κ1) is 18.8. The summed E-state index contributed by atoms with van der Waals surface area (Å²) in [6.07, 6.45) is -4.67. The summed E-state index contributed by atoms with van der Waals surface area (Å²) in [5, 5.41) is 11.5. The predicted octanol–water partition coefficient (Wildman–Crippen LogP) is 4.08. The number of carboxylic acid groups (broad SMARTS) is 1. The molecule has 142 valence electrons. The van der Waals surface area contributed by atoms with Crippen molar-refractivity contribution in [1.29, 1.82) is 0 Å². The third-order valence-corrected chi connectivity index (χ3v) is 4.59. The van der Waals surface area contributed by atoms with Crippen LogP contribution in [-0.4, -0.2) is 41.3 Å². The molecule has 0 unspecified atom stereocenters.